The molecule has 1 aliphatic heterocycles. The van der Waals surface area contributed by atoms with Crippen molar-refractivity contribution in [3.05, 3.63) is 35.4 Å². The maximum Gasteiger partial charge on any atom is 0.258 e. The number of carbonyl (C=O) groups excluding carboxylic acids is 2. The van der Waals surface area contributed by atoms with Crippen LogP contribution < -0.4 is 4.90 Å². The largest absolute Gasteiger partial charge is 0.508 e. The molecule has 0 bridgehead atoms. The Kier molecular flexibility index (Phi) is 2.27. The van der Waals surface area contributed by atoms with E-state index in [-0.39, 0.29) is 17.6 Å². The highest BCUT2D eigenvalue weighted by Gasteiger charge is 2.27. The molecule has 0 saturated heterocycles. The van der Waals surface area contributed by atoms with Gasteiger partial charge in [-0.2, -0.15) is 0 Å². The van der Waals surface area contributed by atoms with Crippen LogP contribution in [0.4, 0.5) is 5.69 Å². The molecule has 0 radical (unpaired) electrons. The van der Waals surface area contributed by atoms with Gasteiger partial charge >= 0.3 is 0 Å². The number of benzene rings is 1. The summed E-state index contributed by atoms with van der Waals surface area (Å²) in [5.74, 6) is -0.561. The van der Waals surface area contributed by atoms with Gasteiger partial charge in [0, 0.05) is 12.2 Å². The fraction of sp³-hybridized carbons (Fsp3) is 0.167. The molecule has 0 aliphatic carbocycles. The lowest BCUT2D eigenvalue weighted by Gasteiger charge is -2.19. The molecule has 0 atom stereocenters. The Balaban J connectivity index is 2.57. The first-order chi connectivity index (χ1) is 7.50. The fourth-order valence-corrected chi connectivity index (χ4v) is 1.91. The normalized spacial score (nSPS) is 15.0. The number of phenols is 1. The quantitative estimate of drug-likeness (QED) is 0.724. The first kappa shape index (κ1) is 10.4. The van der Waals surface area contributed by atoms with E-state index in [0.29, 0.717) is 16.8 Å². The highest BCUT2D eigenvalue weighted by Crippen LogP contribution is 2.30. The average molecular weight is 217 g/mol. The zero-order valence-electron chi connectivity index (χ0n) is 9.02. The molecule has 1 heterocycles. The molecule has 0 saturated carbocycles. The van der Waals surface area contributed by atoms with Crippen molar-refractivity contribution in [3.8, 4) is 5.75 Å². The zero-order valence-corrected chi connectivity index (χ0v) is 9.02. The molecule has 16 heavy (non-hydrogen) atoms. The van der Waals surface area contributed by atoms with E-state index >= 15 is 0 Å². The van der Waals surface area contributed by atoms with Crippen LogP contribution in [0.1, 0.15) is 11.1 Å². The van der Waals surface area contributed by atoms with Gasteiger partial charge in [0.2, 0.25) is 0 Å². The van der Waals surface area contributed by atoms with Gasteiger partial charge in [0.05, 0.1) is 5.69 Å². The van der Waals surface area contributed by atoms with E-state index < -0.39 is 0 Å². The Hall–Kier alpha value is -2.10. The molecule has 0 aromatic heterocycles. The maximum atomic E-state index is 11.5. The van der Waals surface area contributed by atoms with E-state index in [1.807, 2.05) is 0 Å². The predicted octanol–water partition coefficient (Wildman–Crippen LogP) is 1.44. The van der Waals surface area contributed by atoms with Gasteiger partial charge in [-0.3, -0.25) is 9.59 Å². The summed E-state index contributed by atoms with van der Waals surface area (Å²) in [7, 11) is 0. The van der Waals surface area contributed by atoms with Gasteiger partial charge in [-0.05, 0) is 37.1 Å². The summed E-state index contributed by atoms with van der Waals surface area (Å²) in [5.41, 5.74) is 1.95. The monoisotopic (exact) mass is 217 g/mol. The number of anilines is 1. The molecule has 82 valence electrons. The van der Waals surface area contributed by atoms with Crippen LogP contribution in [0.5, 0.6) is 5.75 Å². The average Bonchev–Trinajstić information content (AvgIpc) is 2.47. The summed E-state index contributed by atoms with van der Waals surface area (Å²) in [5, 5.41) is 9.39. The zero-order chi connectivity index (χ0) is 11.9. The van der Waals surface area contributed by atoms with Crippen LogP contribution in [0.2, 0.25) is 0 Å². The number of rotatable bonds is 1. The van der Waals surface area contributed by atoms with Crippen LogP contribution in [0, 0.1) is 13.8 Å². The second-order valence-electron chi connectivity index (χ2n) is 3.77. The van der Waals surface area contributed by atoms with Crippen molar-refractivity contribution < 1.29 is 14.7 Å². The Morgan fingerprint density at radius 2 is 1.44 bits per heavy atom. The molecule has 1 N–H and O–H groups in total. The van der Waals surface area contributed by atoms with Crippen LogP contribution in [0.25, 0.3) is 0 Å². The summed E-state index contributed by atoms with van der Waals surface area (Å²) < 4.78 is 0. The Bertz CT molecular complexity index is 476. The van der Waals surface area contributed by atoms with Crippen LogP contribution in [-0.4, -0.2) is 16.9 Å². The highest BCUT2D eigenvalue weighted by molar-refractivity contribution is 6.28. The maximum absolute atomic E-state index is 11.5. The number of nitrogens with zero attached hydrogens (tertiary/aromatic N) is 1. The number of aromatic hydroxyl groups is 1. The summed E-state index contributed by atoms with van der Waals surface area (Å²) in [6.07, 6.45) is 2.49. The topological polar surface area (TPSA) is 57.6 Å². The van der Waals surface area contributed by atoms with Gasteiger partial charge < -0.3 is 5.11 Å². The van der Waals surface area contributed by atoms with Gasteiger partial charge in [0.1, 0.15) is 5.75 Å². The van der Waals surface area contributed by atoms with Crippen LogP contribution in [-0.2, 0) is 9.59 Å². The summed E-state index contributed by atoms with van der Waals surface area (Å²) in [4.78, 5) is 24.2. The van der Waals surface area contributed by atoms with E-state index in [2.05, 4.69) is 0 Å². The van der Waals surface area contributed by atoms with Crippen LogP contribution in [0.15, 0.2) is 24.3 Å². The van der Waals surface area contributed by atoms with Crippen molar-refractivity contribution in [2.24, 2.45) is 0 Å². The Labute approximate surface area is 92.8 Å². The third kappa shape index (κ3) is 1.48. The summed E-state index contributed by atoms with van der Waals surface area (Å²) >= 11 is 0. The minimum Gasteiger partial charge on any atom is -0.508 e. The lowest BCUT2D eigenvalue weighted by Crippen LogP contribution is -2.30. The van der Waals surface area contributed by atoms with Crippen LogP contribution >= 0.6 is 0 Å². The SMILES string of the molecule is Cc1cc(O)cc(C)c1N1C(=O)C=CC1=O. The van der Waals surface area contributed by atoms with Crippen molar-refractivity contribution in [2.75, 3.05) is 4.90 Å². The first-order valence-corrected chi connectivity index (χ1v) is 4.87. The number of phenolic OH excluding ortho intramolecular Hbond substituents is 1. The van der Waals surface area contributed by atoms with Gasteiger partial charge in [-0.25, -0.2) is 4.90 Å². The van der Waals surface area contributed by atoms with E-state index in [4.69, 9.17) is 0 Å². The number of aryl methyl sites for hydroxylation is 2. The number of hydrogen-bond acceptors (Lipinski definition) is 3. The predicted molar refractivity (Wildman–Crippen MR) is 59.2 cm³/mol. The Morgan fingerprint density at radius 1 is 1.00 bits per heavy atom. The Morgan fingerprint density at radius 3 is 1.88 bits per heavy atom. The lowest BCUT2D eigenvalue weighted by atomic mass is 10.1. The van der Waals surface area contributed by atoms with Crippen LogP contribution in [0.3, 0.4) is 0 Å². The van der Waals surface area contributed by atoms with Gasteiger partial charge in [-0.1, -0.05) is 0 Å². The van der Waals surface area contributed by atoms with Gasteiger partial charge in [0.25, 0.3) is 11.8 Å². The van der Waals surface area contributed by atoms with Crippen molar-refractivity contribution in [2.45, 2.75) is 13.8 Å². The third-order valence-corrected chi connectivity index (χ3v) is 2.51. The number of amides is 2. The molecular formula is C12H11NO3. The standard InChI is InChI=1S/C12H11NO3/c1-7-5-9(14)6-8(2)12(7)13-10(15)3-4-11(13)16/h3-6,14H,1-2H3. The van der Waals surface area contributed by atoms with Crippen molar-refractivity contribution >= 4 is 17.5 Å². The lowest BCUT2D eigenvalue weighted by molar-refractivity contribution is -0.120. The molecule has 0 fully saturated rings. The van der Waals surface area contributed by atoms with E-state index in [9.17, 15) is 14.7 Å². The smallest absolute Gasteiger partial charge is 0.258 e. The minimum absolute atomic E-state index is 0.130. The van der Waals surface area contributed by atoms with Crippen molar-refractivity contribution in [1.29, 1.82) is 0 Å². The van der Waals surface area contributed by atoms with Gasteiger partial charge in [-0.15, -0.1) is 0 Å². The summed E-state index contributed by atoms with van der Waals surface area (Å²) in [6, 6.07) is 3.06. The van der Waals surface area contributed by atoms with Crippen molar-refractivity contribution in [1.82, 2.24) is 0 Å². The van der Waals surface area contributed by atoms with E-state index in [1.165, 1.54) is 24.3 Å². The number of imide groups is 1. The molecule has 1 aromatic carbocycles. The second kappa shape index (κ2) is 3.48. The van der Waals surface area contributed by atoms with E-state index in [0.717, 1.165) is 4.90 Å². The molecule has 4 nitrogen and oxygen atoms in total. The molecule has 2 rings (SSSR count). The number of hydrogen-bond donors (Lipinski definition) is 1. The molecule has 0 spiro atoms. The number of carbonyl (C=O) groups is 2. The van der Waals surface area contributed by atoms with Gasteiger partial charge in [0.15, 0.2) is 0 Å². The molecule has 4 heteroatoms. The van der Waals surface area contributed by atoms with E-state index in [1.54, 1.807) is 13.8 Å². The fourth-order valence-electron chi connectivity index (χ4n) is 1.91. The third-order valence-electron chi connectivity index (χ3n) is 2.51. The molecule has 2 amide bonds. The van der Waals surface area contributed by atoms with Crippen molar-refractivity contribution in [3.63, 3.8) is 0 Å². The first-order valence-electron chi connectivity index (χ1n) is 4.87. The molecule has 1 aromatic rings. The molecule has 0 unspecified atom stereocenters. The summed E-state index contributed by atoms with van der Waals surface area (Å²) in [6.45, 7) is 3.50. The second-order valence-corrected chi connectivity index (χ2v) is 3.77. The molecule has 1 aliphatic rings. The molecular weight excluding hydrogens is 206 g/mol. The minimum atomic E-state index is -0.345. The highest BCUT2D eigenvalue weighted by atomic mass is 16.3.